The summed E-state index contributed by atoms with van der Waals surface area (Å²) >= 11 is 3.91. The molecule has 2 aliphatic heterocycles. The predicted octanol–water partition coefficient (Wildman–Crippen LogP) is 4.42. The fourth-order valence-corrected chi connectivity index (χ4v) is 8.52. The Morgan fingerprint density at radius 3 is 2.42 bits per heavy atom. The summed E-state index contributed by atoms with van der Waals surface area (Å²) in [5, 5.41) is 22.5. The molecule has 0 radical (unpaired) electrons. The number of benzene rings is 2. The third kappa shape index (κ3) is 8.71. The number of esters is 2. The number of amides is 2. The molecule has 7 rings (SSSR count). The number of aromatic nitrogens is 5. The van der Waals surface area contributed by atoms with Gasteiger partial charge in [-0.1, -0.05) is 65.8 Å². The highest BCUT2D eigenvalue weighted by molar-refractivity contribution is 8.03. The van der Waals surface area contributed by atoms with Gasteiger partial charge in [-0.25, -0.2) is 14.6 Å². The Balaban J connectivity index is 1.13. The maximum absolute atomic E-state index is 14.4. The number of ether oxygens (including phenoxy) is 2. The van der Waals surface area contributed by atoms with Crippen molar-refractivity contribution < 1.29 is 33.5 Å². The molecule has 3 atom stereocenters. The minimum atomic E-state index is -1.10. The number of nitrogens with zero attached hydrogens (tertiary/aromatic N) is 7. The number of carbonyl (C=O) groups is 4. The molecule has 0 bridgehead atoms. The first kappa shape index (κ1) is 37.7. The van der Waals surface area contributed by atoms with E-state index in [4.69, 9.17) is 14.3 Å². The lowest BCUT2D eigenvalue weighted by molar-refractivity contribution is -0.165. The van der Waals surface area contributed by atoms with Crippen molar-refractivity contribution in [3.05, 3.63) is 118 Å². The first-order valence-electron chi connectivity index (χ1n) is 16.9. The van der Waals surface area contributed by atoms with Crippen molar-refractivity contribution in [1.82, 2.24) is 35.0 Å². The van der Waals surface area contributed by atoms with Gasteiger partial charge in [0.2, 0.25) is 12.5 Å². The van der Waals surface area contributed by atoms with Crippen LogP contribution in [0.5, 0.6) is 0 Å². The molecule has 1 fully saturated rings. The molecule has 2 aromatic carbocycles. The second-order valence-corrected chi connectivity index (χ2v) is 15.9. The van der Waals surface area contributed by atoms with Gasteiger partial charge in [-0.2, -0.15) is 9.61 Å². The van der Waals surface area contributed by atoms with E-state index in [9.17, 15) is 19.2 Å². The van der Waals surface area contributed by atoms with Gasteiger partial charge in [0.15, 0.2) is 23.5 Å². The Morgan fingerprint density at radius 2 is 1.75 bits per heavy atom. The van der Waals surface area contributed by atoms with E-state index in [2.05, 4.69) is 30.8 Å². The molecule has 5 heterocycles. The van der Waals surface area contributed by atoms with Crippen LogP contribution in [0.25, 0.3) is 5.65 Å². The largest absolute Gasteiger partial charge is 0.457 e. The van der Waals surface area contributed by atoms with E-state index in [-0.39, 0.29) is 11.4 Å². The Morgan fingerprint density at radius 1 is 1.02 bits per heavy atom. The third-order valence-electron chi connectivity index (χ3n) is 8.19. The van der Waals surface area contributed by atoms with E-state index in [1.54, 1.807) is 42.8 Å². The van der Waals surface area contributed by atoms with Crippen LogP contribution in [-0.4, -0.2) is 94.6 Å². The Labute approximate surface area is 327 Å². The number of oxime groups is 1. The molecule has 2 aliphatic rings. The Hall–Kier alpha value is -5.59. The minimum absolute atomic E-state index is 0.193. The number of thioether (sulfide) groups is 2. The van der Waals surface area contributed by atoms with Crippen molar-refractivity contribution in [2.75, 3.05) is 12.4 Å². The van der Waals surface area contributed by atoms with Crippen molar-refractivity contribution in [3.8, 4) is 0 Å². The van der Waals surface area contributed by atoms with Crippen molar-refractivity contribution in [1.29, 1.82) is 0 Å². The topological polar surface area (TPSA) is 180 Å². The molecule has 1 N–H and O–H groups in total. The highest BCUT2D eigenvalue weighted by Crippen LogP contribution is 2.42. The zero-order chi connectivity index (χ0) is 38.5. The molecule has 282 valence electrons. The SMILES string of the molecule is CC(C)(C)OC(=O)CON=C(C(=O)NC1C(=O)N2C(C(=O)OC(c3ccccc3)c3ccccc3)C(CSc3ccc4nncn4n3)=CS[C@H]12)c1cscn1. The summed E-state index contributed by atoms with van der Waals surface area (Å²) in [4.78, 5) is 65.1. The summed E-state index contributed by atoms with van der Waals surface area (Å²) in [7, 11) is 0. The summed E-state index contributed by atoms with van der Waals surface area (Å²) < 4.78 is 13.1. The lowest BCUT2D eigenvalue weighted by atomic mass is 9.97. The number of fused-ring (bicyclic) bond motifs is 2. The number of nitrogens with one attached hydrogen (secondary N) is 1. The smallest absolute Gasteiger partial charge is 0.347 e. The fourth-order valence-electron chi connectivity index (χ4n) is 5.79. The molecule has 2 unspecified atom stereocenters. The molecule has 55 heavy (non-hydrogen) atoms. The average Bonchev–Trinajstić information content (AvgIpc) is 3.89. The van der Waals surface area contributed by atoms with Crippen LogP contribution in [0.1, 0.15) is 43.7 Å². The maximum atomic E-state index is 14.4. The lowest BCUT2D eigenvalue weighted by Gasteiger charge is -2.51. The average molecular weight is 799 g/mol. The van der Waals surface area contributed by atoms with E-state index >= 15 is 0 Å². The first-order valence-corrected chi connectivity index (χ1v) is 19.8. The molecule has 5 aromatic rings. The number of hydrogen-bond acceptors (Lipinski definition) is 15. The third-order valence-corrected chi connectivity index (χ3v) is 11.0. The standard InChI is InChI=1S/C37H34N8O7S3/c1-37(2,3)52-28(46)16-50-43-29(25-19-53-21-38-25)33(47)40-30-34(48)45-31(36(49)51-32(22-10-6-4-7-11-22)23-12-8-5-9-13-23)24(18-55-35(30)45)17-54-27-15-14-26-41-39-20-44(26)42-27/h4-15,18-21,30-32,35H,16-17H2,1-3H3,(H,40,47)/t30?,31?,35-/m1/s1. The van der Waals surface area contributed by atoms with E-state index in [1.807, 2.05) is 66.1 Å². The van der Waals surface area contributed by atoms with Crippen LogP contribution >= 0.6 is 34.9 Å². The second kappa shape index (κ2) is 16.4. The van der Waals surface area contributed by atoms with Gasteiger partial charge >= 0.3 is 11.9 Å². The minimum Gasteiger partial charge on any atom is -0.457 e. The molecule has 15 nitrogen and oxygen atoms in total. The van der Waals surface area contributed by atoms with Crippen LogP contribution in [0.4, 0.5) is 0 Å². The van der Waals surface area contributed by atoms with E-state index in [1.165, 1.54) is 51.6 Å². The van der Waals surface area contributed by atoms with Crippen LogP contribution < -0.4 is 5.32 Å². The zero-order valence-electron chi connectivity index (χ0n) is 29.7. The molecule has 0 spiro atoms. The van der Waals surface area contributed by atoms with E-state index in [0.717, 1.165) is 11.1 Å². The van der Waals surface area contributed by atoms with Gasteiger partial charge < -0.3 is 24.5 Å². The van der Waals surface area contributed by atoms with Crippen molar-refractivity contribution >= 4 is 70.0 Å². The van der Waals surface area contributed by atoms with E-state index < -0.39 is 59.5 Å². The molecule has 0 aliphatic carbocycles. The second-order valence-electron chi connectivity index (χ2n) is 13.2. The number of rotatable bonds is 13. The fraction of sp³-hybridized carbons (Fsp3) is 0.270. The van der Waals surface area contributed by atoms with Crippen LogP contribution in [0.3, 0.4) is 0 Å². The van der Waals surface area contributed by atoms with E-state index in [0.29, 0.717) is 22.0 Å². The number of β-lactam (4-membered cyclic amide) rings is 1. The number of thiazole rings is 1. The van der Waals surface area contributed by atoms with Gasteiger partial charge in [-0.3, -0.25) is 9.59 Å². The highest BCUT2D eigenvalue weighted by atomic mass is 32.2. The van der Waals surface area contributed by atoms with Crippen LogP contribution in [0.2, 0.25) is 0 Å². The van der Waals surface area contributed by atoms with Gasteiger partial charge in [0.25, 0.3) is 5.91 Å². The van der Waals surface area contributed by atoms with Gasteiger partial charge in [-0.15, -0.1) is 45.1 Å². The van der Waals surface area contributed by atoms with Gasteiger partial charge in [-0.05, 0) is 55.0 Å². The van der Waals surface area contributed by atoms with Crippen molar-refractivity contribution in [2.24, 2.45) is 5.16 Å². The van der Waals surface area contributed by atoms with Gasteiger partial charge in [0, 0.05) is 11.1 Å². The molecule has 0 saturated carbocycles. The van der Waals surface area contributed by atoms with Crippen LogP contribution in [0, 0.1) is 0 Å². The molecule has 2 amide bonds. The molecule has 3 aromatic heterocycles. The van der Waals surface area contributed by atoms with Crippen LogP contribution in [0.15, 0.2) is 111 Å². The summed E-state index contributed by atoms with van der Waals surface area (Å²) in [5.74, 6) is -2.24. The molecular formula is C37H34N8O7S3. The lowest BCUT2D eigenvalue weighted by Crippen LogP contribution is -2.74. The monoisotopic (exact) mass is 798 g/mol. The van der Waals surface area contributed by atoms with Gasteiger partial charge in [0.1, 0.15) is 34.1 Å². The zero-order valence-corrected chi connectivity index (χ0v) is 32.1. The quantitative estimate of drug-likeness (QED) is 0.0582. The molecular weight excluding hydrogens is 765 g/mol. The Bertz CT molecular complexity index is 2210. The van der Waals surface area contributed by atoms with Gasteiger partial charge in [0.05, 0.1) is 5.51 Å². The summed E-state index contributed by atoms with van der Waals surface area (Å²) in [6.45, 7) is 4.60. The van der Waals surface area contributed by atoms with Crippen molar-refractivity contribution in [3.63, 3.8) is 0 Å². The van der Waals surface area contributed by atoms with Crippen molar-refractivity contribution in [2.45, 2.75) is 55.0 Å². The summed E-state index contributed by atoms with van der Waals surface area (Å²) in [6, 6.07) is 20.2. The highest BCUT2D eigenvalue weighted by Gasteiger charge is 2.56. The molecule has 18 heteroatoms. The predicted molar refractivity (Wildman–Crippen MR) is 205 cm³/mol. The Kier molecular flexibility index (Phi) is 11.3. The molecule has 1 saturated heterocycles. The summed E-state index contributed by atoms with van der Waals surface area (Å²) in [6.07, 6.45) is 0.747. The summed E-state index contributed by atoms with van der Waals surface area (Å²) in [5.41, 5.74) is 3.47. The maximum Gasteiger partial charge on any atom is 0.347 e. The number of hydrogen-bond donors (Lipinski definition) is 1. The van der Waals surface area contributed by atoms with Crippen LogP contribution in [-0.2, 0) is 33.5 Å². The first-order chi connectivity index (χ1) is 26.6. The normalized spacial score (nSPS) is 18.3. The number of carbonyl (C=O) groups excluding carboxylic acids is 4.